The average Bonchev–Trinajstić information content (AvgIpc) is 2.62. The second kappa shape index (κ2) is 9.39. The van der Waals surface area contributed by atoms with E-state index in [1.54, 1.807) is 19.2 Å². The normalized spacial score (nSPS) is 10.8. The second-order valence-electron chi connectivity index (χ2n) is 5.42. The van der Waals surface area contributed by atoms with Gasteiger partial charge in [0.05, 0.1) is 22.3 Å². The maximum absolute atomic E-state index is 11.9. The summed E-state index contributed by atoms with van der Waals surface area (Å²) in [5.74, 6) is 0.910. The minimum absolute atomic E-state index is 0.164. The van der Waals surface area contributed by atoms with Crippen LogP contribution in [0.15, 0.2) is 38.3 Å². The first kappa shape index (κ1) is 20.7. The van der Waals surface area contributed by atoms with E-state index in [9.17, 15) is 4.79 Å². The third kappa shape index (κ3) is 5.22. The third-order valence-corrected chi connectivity index (χ3v) is 5.69. The minimum atomic E-state index is -0.369. The molecule has 0 spiro atoms. The lowest BCUT2D eigenvalue weighted by atomic mass is 10.1. The van der Waals surface area contributed by atoms with Gasteiger partial charge >= 0.3 is 0 Å². The van der Waals surface area contributed by atoms with E-state index in [4.69, 9.17) is 21.1 Å². The monoisotopic (exact) mass is 502 g/mol. The van der Waals surface area contributed by atoms with Crippen LogP contribution in [0.2, 0.25) is 5.02 Å². The first-order chi connectivity index (χ1) is 12.3. The van der Waals surface area contributed by atoms with Crippen molar-refractivity contribution < 1.29 is 14.3 Å². The topological polar surface area (TPSA) is 59.9 Å². The highest BCUT2D eigenvalue weighted by molar-refractivity contribution is 9.11. The van der Waals surface area contributed by atoms with Gasteiger partial charge in [0, 0.05) is 5.02 Å². The van der Waals surface area contributed by atoms with Crippen LogP contribution in [0.25, 0.3) is 0 Å². The van der Waals surface area contributed by atoms with E-state index in [-0.39, 0.29) is 12.5 Å². The summed E-state index contributed by atoms with van der Waals surface area (Å²) in [4.78, 5) is 11.9. The molecule has 0 heterocycles. The molecule has 0 saturated carbocycles. The molecule has 0 aliphatic rings. The standard InChI is InChI=1S/C18H17Br2ClN2O3/c1-10-6-15(17(20)11(2)18(10)21)26-9-16(24)23-22-8-12-4-5-14(25-3)13(19)7-12/h4-8H,9H2,1-3H3,(H,23,24)/b22-8+. The van der Waals surface area contributed by atoms with Crippen LogP contribution in [0, 0.1) is 13.8 Å². The fourth-order valence-electron chi connectivity index (χ4n) is 2.12. The number of methoxy groups -OCH3 is 1. The molecule has 0 aliphatic carbocycles. The number of carbonyl (C=O) groups excluding carboxylic acids is 1. The molecule has 0 radical (unpaired) electrons. The summed E-state index contributed by atoms with van der Waals surface area (Å²) in [7, 11) is 1.59. The van der Waals surface area contributed by atoms with Gasteiger partial charge in [-0.05, 0) is 86.7 Å². The molecule has 5 nitrogen and oxygen atoms in total. The molecular formula is C18H17Br2ClN2O3. The molecular weight excluding hydrogens is 487 g/mol. The zero-order chi connectivity index (χ0) is 19.3. The van der Waals surface area contributed by atoms with Gasteiger partial charge in [0.1, 0.15) is 11.5 Å². The summed E-state index contributed by atoms with van der Waals surface area (Å²) in [5.41, 5.74) is 4.98. The Morgan fingerprint density at radius 3 is 2.65 bits per heavy atom. The zero-order valence-electron chi connectivity index (χ0n) is 14.4. The van der Waals surface area contributed by atoms with Gasteiger partial charge in [-0.15, -0.1) is 0 Å². The molecule has 0 aromatic heterocycles. The van der Waals surface area contributed by atoms with Crippen molar-refractivity contribution in [1.82, 2.24) is 5.43 Å². The van der Waals surface area contributed by atoms with E-state index in [1.165, 1.54) is 6.21 Å². The number of carbonyl (C=O) groups is 1. The van der Waals surface area contributed by atoms with Crippen LogP contribution < -0.4 is 14.9 Å². The number of hydrazone groups is 1. The molecule has 1 amide bonds. The van der Waals surface area contributed by atoms with Crippen molar-refractivity contribution >= 4 is 55.6 Å². The van der Waals surface area contributed by atoms with E-state index in [0.29, 0.717) is 10.8 Å². The Bertz CT molecular complexity index is 857. The van der Waals surface area contributed by atoms with Gasteiger partial charge in [-0.25, -0.2) is 5.43 Å². The van der Waals surface area contributed by atoms with Crippen molar-refractivity contribution in [3.8, 4) is 11.5 Å². The molecule has 2 aromatic rings. The van der Waals surface area contributed by atoms with Crippen LogP contribution in [-0.2, 0) is 4.79 Å². The Hall–Kier alpha value is -1.57. The van der Waals surface area contributed by atoms with Gasteiger partial charge in [-0.2, -0.15) is 5.10 Å². The third-order valence-electron chi connectivity index (χ3n) is 3.51. The second-order valence-corrected chi connectivity index (χ2v) is 7.45. The lowest BCUT2D eigenvalue weighted by Crippen LogP contribution is -2.24. The fraction of sp³-hybridized carbons (Fsp3) is 0.222. The maximum atomic E-state index is 11.9. The molecule has 0 bridgehead atoms. The average molecular weight is 505 g/mol. The molecule has 0 saturated heterocycles. The maximum Gasteiger partial charge on any atom is 0.277 e. The summed E-state index contributed by atoms with van der Waals surface area (Å²) < 4.78 is 12.2. The van der Waals surface area contributed by atoms with Crippen LogP contribution in [0.3, 0.4) is 0 Å². The number of rotatable bonds is 6. The van der Waals surface area contributed by atoms with Gasteiger partial charge in [0.2, 0.25) is 0 Å². The number of nitrogens with zero attached hydrogens (tertiary/aromatic N) is 1. The van der Waals surface area contributed by atoms with Crippen LogP contribution in [0.5, 0.6) is 11.5 Å². The predicted molar refractivity (Wildman–Crippen MR) is 111 cm³/mol. The Balaban J connectivity index is 1.93. The van der Waals surface area contributed by atoms with Gasteiger partial charge in [-0.3, -0.25) is 4.79 Å². The van der Waals surface area contributed by atoms with Gasteiger partial charge < -0.3 is 9.47 Å². The van der Waals surface area contributed by atoms with Crippen molar-refractivity contribution in [3.05, 3.63) is 54.9 Å². The number of nitrogens with one attached hydrogen (secondary N) is 1. The molecule has 8 heteroatoms. The first-order valence-corrected chi connectivity index (χ1v) is 9.53. The highest BCUT2D eigenvalue weighted by Crippen LogP contribution is 2.35. The Labute approximate surface area is 174 Å². The number of halogens is 3. The summed E-state index contributed by atoms with van der Waals surface area (Å²) >= 11 is 13.0. The lowest BCUT2D eigenvalue weighted by Gasteiger charge is -2.12. The number of hydrogen-bond donors (Lipinski definition) is 1. The number of aryl methyl sites for hydroxylation is 1. The zero-order valence-corrected chi connectivity index (χ0v) is 18.3. The van der Waals surface area contributed by atoms with E-state index < -0.39 is 0 Å². The Morgan fingerprint density at radius 1 is 1.27 bits per heavy atom. The molecule has 0 atom stereocenters. The summed E-state index contributed by atoms with van der Waals surface area (Å²) in [6.45, 7) is 3.60. The van der Waals surface area contributed by atoms with E-state index in [2.05, 4.69) is 42.4 Å². The van der Waals surface area contributed by atoms with Crippen molar-refractivity contribution in [3.63, 3.8) is 0 Å². The van der Waals surface area contributed by atoms with Gasteiger partial charge in [0.25, 0.3) is 5.91 Å². The molecule has 2 aromatic carbocycles. The summed E-state index contributed by atoms with van der Waals surface area (Å²) in [6, 6.07) is 7.25. The Kier molecular flexibility index (Phi) is 7.49. The quantitative estimate of drug-likeness (QED) is 0.444. The lowest BCUT2D eigenvalue weighted by molar-refractivity contribution is -0.123. The van der Waals surface area contributed by atoms with Crippen molar-refractivity contribution in [2.45, 2.75) is 13.8 Å². The van der Waals surface area contributed by atoms with Crippen LogP contribution in [0.4, 0.5) is 0 Å². The number of ether oxygens (including phenoxy) is 2. The van der Waals surface area contributed by atoms with E-state index in [1.807, 2.05) is 26.0 Å². The number of hydrogen-bond acceptors (Lipinski definition) is 4. The van der Waals surface area contributed by atoms with Crippen LogP contribution in [0.1, 0.15) is 16.7 Å². The largest absolute Gasteiger partial charge is 0.496 e. The van der Waals surface area contributed by atoms with E-state index in [0.717, 1.165) is 31.4 Å². The minimum Gasteiger partial charge on any atom is -0.496 e. The van der Waals surface area contributed by atoms with Crippen molar-refractivity contribution in [2.75, 3.05) is 13.7 Å². The van der Waals surface area contributed by atoms with E-state index >= 15 is 0 Å². The summed E-state index contributed by atoms with van der Waals surface area (Å²) in [5, 5.41) is 4.59. The number of amides is 1. The summed E-state index contributed by atoms with van der Waals surface area (Å²) in [6.07, 6.45) is 1.54. The molecule has 26 heavy (non-hydrogen) atoms. The highest BCUT2D eigenvalue weighted by Gasteiger charge is 2.12. The smallest absolute Gasteiger partial charge is 0.277 e. The molecule has 0 fully saturated rings. The SMILES string of the molecule is COc1ccc(/C=N/NC(=O)COc2cc(C)c(Cl)c(C)c2Br)cc1Br. The molecule has 2 rings (SSSR count). The van der Waals surface area contributed by atoms with Gasteiger partial charge in [0.15, 0.2) is 6.61 Å². The molecule has 0 aliphatic heterocycles. The molecule has 1 N–H and O–H groups in total. The van der Waals surface area contributed by atoms with Gasteiger partial charge in [-0.1, -0.05) is 11.6 Å². The van der Waals surface area contributed by atoms with Crippen molar-refractivity contribution in [2.24, 2.45) is 5.10 Å². The Morgan fingerprint density at radius 2 is 2.00 bits per heavy atom. The first-order valence-electron chi connectivity index (χ1n) is 7.57. The van der Waals surface area contributed by atoms with Crippen molar-refractivity contribution in [1.29, 1.82) is 0 Å². The predicted octanol–water partition coefficient (Wildman–Crippen LogP) is 5.02. The molecule has 0 unspecified atom stereocenters. The highest BCUT2D eigenvalue weighted by atomic mass is 79.9. The van der Waals surface area contributed by atoms with Crippen LogP contribution >= 0.6 is 43.5 Å². The van der Waals surface area contributed by atoms with Crippen LogP contribution in [-0.4, -0.2) is 25.8 Å². The molecule has 138 valence electrons. The fourth-order valence-corrected chi connectivity index (χ4v) is 3.37. The number of benzene rings is 2.